The Bertz CT molecular complexity index is 6490. The van der Waals surface area contributed by atoms with Crippen LogP contribution in [0.3, 0.4) is 0 Å². The molecular weight excluding hydrogens is 3180 g/mol. The monoisotopic (exact) mass is 3240 g/mol. The fourth-order valence-corrected chi connectivity index (χ4v) is 22.6. The summed E-state index contributed by atoms with van der Waals surface area (Å²) in [5.74, 6) is -25.9. The molecule has 1 aliphatic heterocycles. The van der Waals surface area contributed by atoms with Crippen LogP contribution in [0.15, 0.2) is 109 Å². The first-order valence-corrected chi connectivity index (χ1v) is 56.5. The Morgan fingerprint density at radius 3 is 1.45 bits per heavy atom. The number of fused-ring (bicyclic) bond motifs is 1. The van der Waals surface area contributed by atoms with Crippen molar-refractivity contribution in [2.24, 2.45) is 23.7 Å². The summed E-state index contributed by atoms with van der Waals surface area (Å²) in [6.45, 7) is -3.30. The van der Waals surface area contributed by atoms with Gasteiger partial charge in [0.1, 0.15) is 42.1 Å². The maximum atomic E-state index is 13.4. The number of hydrogen-bond donors (Lipinski definition) is 2. The van der Waals surface area contributed by atoms with Crippen LogP contribution in [0, 0.1) is 55.8 Å². The molecule has 3 fully saturated rings. The van der Waals surface area contributed by atoms with Gasteiger partial charge in [-0.3, -0.25) is 19.2 Å². The van der Waals surface area contributed by atoms with Crippen molar-refractivity contribution in [3.63, 3.8) is 0 Å². The van der Waals surface area contributed by atoms with E-state index in [1.165, 1.54) is 18.2 Å². The van der Waals surface area contributed by atoms with Gasteiger partial charge in [0, 0.05) is 37.1 Å². The van der Waals surface area contributed by atoms with Crippen molar-refractivity contribution in [2.75, 3.05) is 62.7 Å². The molecule has 2 bridgehead atoms. The van der Waals surface area contributed by atoms with Gasteiger partial charge in [-0.05, 0) is 333 Å². The lowest BCUT2D eigenvalue weighted by Gasteiger charge is -2.36. The van der Waals surface area contributed by atoms with Crippen LogP contribution in [0.5, 0.6) is 17.2 Å². The fourth-order valence-electron chi connectivity index (χ4n) is 11.9. The summed E-state index contributed by atoms with van der Waals surface area (Å²) in [6.07, 6.45) is -23.0. The average molecular weight is 3240 g/mol. The second-order valence-corrected chi connectivity index (χ2v) is 48.2. The van der Waals surface area contributed by atoms with E-state index in [-0.39, 0.29) is 88.5 Å². The molecular formula is C79H64F16I9O39S5-5. The van der Waals surface area contributed by atoms with Crippen molar-refractivity contribution in [3.8, 4) is 17.2 Å². The number of alkyl halides is 16. The standard InChI is InChI=1S/C20H15F6IO9S.C14H15F2IO4.C12H13IO7S.C11H8F3I3O6S.C11H9F3I2O6S.C11H9F2IO7S/c21-19(22,23)18(20(24,25)26,6-37(31,32)33)36-15(28)7-1-2-10(27)12(4-7)35-16(29)13-8-3-9-11(5-8)34-17(30)14(9)13;1-14(15,16)9-21-12(18)3-2-8-20-13(19)10-4-6-11(17)7-5-10;13-10-3-1-2-9(8-10)12(15)20-5-4-11(14)19-6-7-21(16,17)18;1-10(11(12,13)14,3-24(20,21)22)23-9(19)6-4(15)2-5(16)8(18)7(6)17;1-10(11(12,13)14,4-23(19,20)21)22-9(18)6-2-5(15)3-7(16)8(6)17;12-11(13,22(17,18)19)6-21-9(15)5-20-10(16)7-3-1-2-4-8(7)14/h1-2,4,8-9,11,13-14H,3,5-6H2,(H,31,32,33);4-7H,2-3,8-9H2,1H3;1-3,8H,4-7H2,(H,16,17,18);2,18H,3H2,1H3,(H,20,21,22);2-3,17H,4H2,1H3,(H,19,20,21);1-4H,5-6H2,(H,17,18,19)/p-5. The normalized spacial score (nSPS) is 16.5. The Labute approximate surface area is 948 Å². The number of rotatable bonds is 34. The lowest BCUT2D eigenvalue weighted by atomic mass is 9.80. The van der Waals surface area contributed by atoms with E-state index in [0.29, 0.717) is 54.6 Å². The quantitative estimate of drug-likeness (QED) is 0.00720. The molecule has 824 valence electrons. The first-order valence-electron chi connectivity index (χ1n) is 39.1. The van der Waals surface area contributed by atoms with Crippen LogP contribution in [0.1, 0.15) is 115 Å². The van der Waals surface area contributed by atoms with E-state index in [2.05, 4.69) is 78.3 Å². The molecule has 9 rings (SSSR count). The Hall–Kier alpha value is -5.91. The van der Waals surface area contributed by atoms with Crippen molar-refractivity contribution in [3.05, 3.63) is 175 Å². The van der Waals surface area contributed by atoms with Crippen LogP contribution in [0.4, 0.5) is 70.2 Å². The Morgan fingerprint density at radius 2 is 0.932 bits per heavy atom. The molecule has 1 heterocycles. The van der Waals surface area contributed by atoms with Crippen molar-refractivity contribution in [2.45, 2.75) is 112 Å². The number of phenols is 2. The van der Waals surface area contributed by atoms with Gasteiger partial charge in [-0.2, -0.15) is 61.5 Å². The van der Waals surface area contributed by atoms with Crippen molar-refractivity contribution in [1.82, 2.24) is 0 Å². The first-order chi connectivity index (χ1) is 67.2. The van der Waals surface area contributed by atoms with Crippen molar-refractivity contribution in [1.29, 1.82) is 0 Å². The van der Waals surface area contributed by atoms with Gasteiger partial charge in [-0.1, -0.05) is 18.2 Å². The van der Waals surface area contributed by atoms with Gasteiger partial charge < -0.3 is 85.1 Å². The molecule has 2 aliphatic carbocycles. The molecule has 6 aromatic rings. The van der Waals surface area contributed by atoms with Crippen LogP contribution < -0.4 is 4.74 Å². The first kappa shape index (κ1) is 134. The minimum Gasteiger partial charge on any atom is -0.748 e. The lowest BCUT2D eigenvalue weighted by Crippen LogP contribution is -2.63. The molecule has 7 unspecified atom stereocenters. The van der Waals surface area contributed by atoms with Crippen LogP contribution >= 0.6 is 203 Å². The van der Waals surface area contributed by atoms with Crippen LogP contribution in [0.25, 0.3) is 0 Å². The van der Waals surface area contributed by atoms with Gasteiger partial charge in [0.2, 0.25) is 11.2 Å². The van der Waals surface area contributed by atoms with Crippen LogP contribution in [-0.4, -0.2) is 262 Å². The molecule has 0 amide bonds. The number of hydrogen-bond acceptors (Lipinski definition) is 39. The molecule has 2 saturated carbocycles. The van der Waals surface area contributed by atoms with Gasteiger partial charge in [0.05, 0.1) is 130 Å². The fraction of sp³-hybridized carbons (Fsp3) is 0.405. The second-order valence-electron chi connectivity index (χ2n) is 30.4. The third kappa shape index (κ3) is 42.3. The minimum absolute atomic E-state index is 0.0302. The highest BCUT2D eigenvalue weighted by Gasteiger charge is 2.75. The SMILES string of the molecule is CC(CS(=O)(=O)[O-])(OC(=O)c1c(I)cc(I)c(O)c1I)C(F)(F)F.CC(CS(=O)(=O)[O-])(OC(=O)c1cc(I)cc(I)c1O)C(F)(F)F.CC(F)(F)COC(=O)CCCOC(=O)c1ccc(I)cc1.O=C(CCOC(=O)c1cccc(I)c1)OCCS(=O)(=O)[O-].O=C(COC(=O)c1ccccc1I)OCC(F)(F)S(=O)(=O)[O-].O=C(OC(CS(=O)(=O)[O-])(C(F)(F)F)C(F)(F)F)c1ccc(I)c(OC(=O)C2C3CC4OC(=O)C2C4C3)c1. The van der Waals surface area contributed by atoms with E-state index in [1.807, 2.05) is 28.7 Å². The van der Waals surface area contributed by atoms with E-state index < -0.39 is 253 Å². The predicted molar refractivity (Wildman–Crippen MR) is 536 cm³/mol. The Morgan fingerprint density at radius 1 is 0.426 bits per heavy atom. The van der Waals surface area contributed by atoms with Gasteiger partial charge >= 0.3 is 101 Å². The van der Waals surface area contributed by atoms with Crippen molar-refractivity contribution >= 4 is 320 Å². The van der Waals surface area contributed by atoms with Gasteiger partial charge in [-0.15, -0.1) is 0 Å². The number of aromatic hydroxyl groups is 2. The van der Waals surface area contributed by atoms with Crippen molar-refractivity contribution < 1.29 is 250 Å². The minimum atomic E-state index is -6.54. The van der Waals surface area contributed by atoms with Gasteiger partial charge in [-0.25, -0.2) is 84.4 Å². The highest BCUT2D eigenvalue weighted by molar-refractivity contribution is 14.1. The zero-order valence-corrected chi connectivity index (χ0v) is 96.9. The highest BCUT2D eigenvalue weighted by atomic mass is 127. The number of ether oxygens (including phenoxy) is 11. The van der Waals surface area contributed by atoms with Crippen LogP contribution in [-0.2, 0) is 122 Å². The van der Waals surface area contributed by atoms with E-state index in [1.54, 1.807) is 196 Å². The zero-order chi connectivity index (χ0) is 114. The third-order valence-electron chi connectivity index (χ3n) is 18.7. The van der Waals surface area contributed by atoms with Crippen LogP contribution in [0.2, 0.25) is 0 Å². The predicted octanol–water partition coefficient (Wildman–Crippen LogP) is 14.3. The van der Waals surface area contributed by atoms with E-state index in [9.17, 15) is 198 Å². The number of esters is 11. The summed E-state index contributed by atoms with van der Waals surface area (Å²) in [5, 5.41) is 14.8. The molecule has 39 nitrogen and oxygen atoms in total. The topological polar surface area (TPSA) is 616 Å². The number of phenolic OH excluding ortho intramolecular Hbond substituents is 2. The summed E-state index contributed by atoms with van der Waals surface area (Å²) >= 11 is 16.0. The summed E-state index contributed by atoms with van der Waals surface area (Å²) in [7, 11) is -27.2. The van der Waals surface area contributed by atoms with Gasteiger partial charge in [0.15, 0.2) is 29.9 Å². The van der Waals surface area contributed by atoms with Gasteiger partial charge in [0.25, 0.3) is 5.92 Å². The molecule has 0 radical (unpaired) electrons. The maximum Gasteiger partial charge on any atom is 0.438 e. The zero-order valence-electron chi connectivity index (χ0n) is 73.4. The summed E-state index contributed by atoms with van der Waals surface area (Å²) in [6, 6.07) is 26.1. The number of halogens is 25. The second kappa shape index (κ2) is 55.1. The molecule has 2 N–H and O–H groups in total. The molecule has 3 aliphatic rings. The molecule has 0 aromatic heterocycles. The summed E-state index contributed by atoms with van der Waals surface area (Å²) in [4.78, 5) is 130. The number of carbonyl (C=O) groups excluding carboxylic acids is 11. The lowest BCUT2D eigenvalue weighted by molar-refractivity contribution is -0.356. The van der Waals surface area contributed by atoms with E-state index in [0.717, 1.165) is 25.3 Å². The molecule has 7 atom stereocenters. The smallest absolute Gasteiger partial charge is 0.438 e. The number of carbonyl (C=O) groups is 11. The molecule has 0 spiro atoms. The average Bonchev–Trinajstić information content (AvgIpc) is 1.50. The molecule has 6 aromatic carbocycles. The molecule has 69 heteroatoms. The van der Waals surface area contributed by atoms with E-state index in [4.69, 9.17) is 18.9 Å². The Balaban J connectivity index is 0.000000375. The number of benzene rings is 6. The largest absolute Gasteiger partial charge is 0.748 e. The van der Waals surface area contributed by atoms with E-state index >= 15 is 0 Å². The third-order valence-corrected chi connectivity index (χ3v) is 30.2. The summed E-state index contributed by atoms with van der Waals surface area (Å²) in [5.41, 5.74) is -13.6. The Kier molecular flexibility index (Phi) is 50.1. The molecule has 148 heavy (non-hydrogen) atoms. The maximum absolute atomic E-state index is 13.4. The molecule has 1 saturated heterocycles. The highest BCUT2D eigenvalue weighted by Crippen LogP contribution is 2.58. The summed E-state index contributed by atoms with van der Waals surface area (Å²) < 4.78 is 421.